The van der Waals surface area contributed by atoms with E-state index >= 15 is 0 Å². The SMILES string of the molecule is CC1CN(c2ccc(CNC(=O)C3(C)Cc4ccccc4C(=O)O3)cc2F)CC(C)O1. The number of rotatable bonds is 4. The predicted octanol–water partition coefficient (Wildman–Crippen LogP) is 3.23. The van der Waals surface area contributed by atoms with E-state index in [0.29, 0.717) is 36.3 Å². The molecule has 2 aromatic rings. The lowest BCUT2D eigenvalue weighted by molar-refractivity contribution is -0.140. The molecule has 1 amide bonds. The molecule has 7 heteroatoms. The lowest BCUT2D eigenvalue weighted by Gasteiger charge is -2.37. The molecule has 3 unspecified atom stereocenters. The summed E-state index contributed by atoms with van der Waals surface area (Å²) in [5, 5.41) is 2.78. The highest BCUT2D eigenvalue weighted by atomic mass is 19.1. The second kappa shape index (κ2) is 8.30. The number of nitrogens with zero attached hydrogens (tertiary/aromatic N) is 1. The number of fused-ring (bicyclic) bond motifs is 1. The van der Waals surface area contributed by atoms with E-state index < -0.39 is 17.5 Å². The molecule has 4 rings (SSSR count). The van der Waals surface area contributed by atoms with E-state index in [1.807, 2.05) is 30.9 Å². The van der Waals surface area contributed by atoms with Gasteiger partial charge in [0, 0.05) is 26.1 Å². The summed E-state index contributed by atoms with van der Waals surface area (Å²) in [6, 6.07) is 12.1. The molecule has 0 spiro atoms. The number of nitrogens with one attached hydrogen (secondary N) is 1. The Labute approximate surface area is 181 Å². The van der Waals surface area contributed by atoms with Crippen molar-refractivity contribution in [1.29, 1.82) is 0 Å². The number of anilines is 1. The highest BCUT2D eigenvalue weighted by Gasteiger charge is 2.42. The average molecular weight is 426 g/mol. The van der Waals surface area contributed by atoms with Crippen LogP contribution in [0.2, 0.25) is 0 Å². The quantitative estimate of drug-likeness (QED) is 0.761. The first-order valence-electron chi connectivity index (χ1n) is 10.5. The molecular weight excluding hydrogens is 399 g/mol. The van der Waals surface area contributed by atoms with E-state index in [1.54, 1.807) is 31.2 Å². The highest BCUT2D eigenvalue weighted by molar-refractivity contribution is 5.97. The summed E-state index contributed by atoms with van der Waals surface area (Å²) in [6.45, 7) is 6.94. The van der Waals surface area contributed by atoms with Crippen LogP contribution in [0.1, 0.15) is 42.3 Å². The maximum atomic E-state index is 14.8. The molecule has 2 aliphatic heterocycles. The van der Waals surface area contributed by atoms with Crippen molar-refractivity contribution in [1.82, 2.24) is 5.32 Å². The lowest BCUT2D eigenvalue weighted by atomic mass is 9.89. The lowest BCUT2D eigenvalue weighted by Crippen LogP contribution is -2.51. The fraction of sp³-hybridized carbons (Fsp3) is 0.417. The van der Waals surface area contributed by atoms with Crippen molar-refractivity contribution in [2.45, 2.75) is 51.5 Å². The van der Waals surface area contributed by atoms with Gasteiger partial charge in [-0.15, -0.1) is 0 Å². The molecule has 2 aromatic carbocycles. The topological polar surface area (TPSA) is 67.9 Å². The van der Waals surface area contributed by atoms with Crippen LogP contribution in [0.15, 0.2) is 42.5 Å². The third-order valence-electron chi connectivity index (χ3n) is 5.79. The number of hydrogen-bond acceptors (Lipinski definition) is 5. The van der Waals surface area contributed by atoms with Crippen LogP contribution in [-0.2, 0) is 27.2 Å². The highest BCUT2D eigenvalue weighted by Crippen LogP contribution is 2.29. The van der Waals surface area contributed by atoms with Crippen LogP contribution in [0.4, 0.5) is 10.1 Å². The van der Waals surface area contributed by atoms with Crippen molar-refractivity contribution in [3.63, 3.8) is 0 Å². The molecule has 2 aliphatic rings. The van der Waals surface area contributed by atoms with Crippen molar-refractivity contribution in [2.24, 2.45) is 0 Å². The first-order valence-corrected chi connectivity index (χ1v) is 10.5. The van der Waals surface area contributed by atoms with E-state index in [4.69, 9.17) is 9.47 Å². The van der Waals surface area contributed by atoms with Crippen LogP contribution >= 0.6 is 0 Å². The molecule has 0 radical (unpaired) electrons. The summed E-state index contributed by atoms with van der Waals surface area (Å²) in [4.78, 5) is 27.1. The van der Waals surface area contributed by atoms with Gasteiger partial charge in [0.2, 0.25) is 0 Å². The van der Waals surface area contributed by atoms with Gasteiger partial charge >= 0.3 is 5.97 Å². The molecule has 1 fully saturated rings. The zero-order chi connectivity index (χ0) is 22.2. The number of morpholine rings is 1. The number of hydrogen-bond donors (Lipinski definition) is 1. The number of amides is 1. The van der Waals surface area contributed by atoms with Crippen LogP contribution in [0, 0.1) is 5.82 Å². The Morgan fingerprint density at radius 3 is 2.61 bits per heavy atom. The molecule has 164 valence electrons. The summed E-state index contributed by atoms with van der Waals surface area (Å²) >= 11 is 0. The molecule has 2 heterocycles. The fourth-order valence-electron chi connectivity index (χ4n) is 4.32. The zero-order valence-electron chi connectivity index (χ0n) is 18.0. The van der Waals surface area contributed by atoms with Crippen LogP contribution < -0.4 is 10.2 Å². The molecule has 0 aromatic heterocycles. The minimum absolute atomic E-state index is 0.0335. The summed E-state index contributed by atoms with van der Waals surface area (Å²) < 4.78 is 26.0. The summed E-state index contributed by atoms with van der Waals surface area (Å²) in [7, 11) is 0. The third-order valence-corrected chi connectivity index (χ3v) is 5.79. The minimum atomic E-state index is -1.30. The van der Waals surface area contributed by atoms with Crippen molar-refractivity contribution in [3.8, 4) is 0 Å². The van der Waals surface area contributed by atoms with Gasteiger partial charge in [-0.2, -0.15) is 0 Å². The molecule has 1 N–H and O–H groups in total. The molecule has 0 aliphatic carbocycles. The molecule has 0 bridgehead atoms. The number of carbonyl (C=O) groups excluding carboxylic acids is 2. The largest absolute Gasteiger partial charge is 0.445 e. The smallest absolute Gasteiger partial charge is 0.339 e. The second-order valence-corrected chi connectivity index (χ2v) is 8.59. The standard InChI is InChI=1S/C24H27FN2O4/c1-15-13-27(14-16(2)30-15)21-9-8-17(10-20(21)25)12-26-23(29)24(3)11-18-6-4-5-7-19(18)22(28)31-24/h4-10,15-16H,11-14H2,1-3H3,(H,26,29). The molecule has 0 saturated carbocycles. The van der Waals surface area contributed by atoms with Crippen molar-refractivity contribution >= 4 is 17.6 Å². The number of ether oxygens (including phenoxy) is 2. The Morgan fingerprint density at radius 1 is 1.19 bits per heavy atom. The van der Waals surface area contributed by atoms with Gasteiger partial charge in [-0.05, 0) is 50.1 Å². The van der Waals surface area contributed by atoms with Crippen molar-refractivity contribution < 1.29 is 23.5 Å². The Hall–Kier alpha value is -2.93. The molecule has 6 nitrogen and oxygen atoms in total. The molecular formula is C24H27FN2O4. The summed E-state index contributed by atoms with van der Waals surface area (Å²) in [5.41, 5.74) is 1.12. The molecule has 1 saturated heterocycles. The Kier molecular flexibility index (Phi) is 5.71. The van der Waals surface area contributed by atoms with Crippen LogP contribution in [0.5, 0.6) is 0 Å². The Balaban J connectivity index is 1.42. The van der Waals surface area contributed by atoms with E-state index in [1.165, 1.54) is 6.07 Å². The monoisotopic (exact) mass is 426 g/mol. The van der Waals surface area contributed by atoms with E-state index in [9.17, 15) is 14.0 Å². The summed E-state index contributed by atoms with van der Waals surface area (Å²) in [6.07, 6.45) is 0.360. The number of halogens is 1. The maximum absolute atomic E-state index is 14.8. The first-order chi connectivity index (χ1) is 14.7. The number of cyclic esters (lactones) is 1. The maximum Gasteiger partial charge on any atom is 0.339 e. The minimum Gasteiger partial charge on any atom is -0.445 e. The first kappa shape index (κ1) is 21.3. The van der Waals surface area contributed by atoms with E-state index in [0.717, 1.165) is 5.56 Å². The molecule has 31 heavy (non-hydrogen) atoms. The van der Waals surface area contributed by atoms with Gasteiger partial charge in [-0.3, -0.25) is 4.79 Å². The van der Waals surface area contributed by atoms with Gasteiger partial charge < -0.3 is 19.7 Å². The van der Waals surface area contributed by atoms with Crippen LogP contribution in [0.3, 0.4) is 0 Å². The average Bonchev–Trinajstić information content (AvgIpc) is 2.71. The van der Waals surface area contributed by atoms with E-state index in [2.05, 4.69) is 5.32 Å². The Morgan fingerprint density at radius 2 is 1.90 bits per heavy atom. The van der Waals surface area contributed by atoms with Crippen LogP contribution in [-0.4, -0.2) is 42.8 Å². The van der Waals surface area contributed by atoms with Crippen molar-refractivity contribution in [2.75, 3.05) is 18.0 Å². The Bertz CT molecular complexity index is 1000. The summed E-state index contributed by atoms with van der Waals surface area (Å²) in [5.74, 6) is -1.25. The predicted molar refractivity (Wildman–Crippen MR) is 114 cm³/mol. The number of esters is 1. The van der Waals surface area contributed by atoms with Gasteiger partial charge in [0.25, 0.3) is 5.91 Å². The normalized spacial score (nSPS) is 25.5. The number of benzene rings is 2. The van der Waals surface area contributed by atoms with Gasteiger partial charge in [0.1, 0.15) is 5.82 Å². The van der Waals surface area contributed by atoms with Gasteiger partial charge in [-0.1, -0.05) is 24.3 Å². The molecule has 3 atom stereocenters. The number of carbonyl (C=O) groups is 2. The van der Waals surface area contributed by atoms with Crippen LogP contribution in [0.25, 0.3) is 0 Å². The fourth-order valence-corrected chi connectivity index (χ4v) is 4.32. The van der Waals surface area contributed by atoms with E-state index in [-0.39, 0.29) is 24.6 Å². The third kappa shape index (κ3) is 4.42. The van der Waals surface area contributed by atoms with Gasteiger partial charge in [0.15, 0.2) is 5.60 Å². The van der Waals surface area contributed by atoms with Gasteiger partial charge in [0.05, 0.1) is 23.5 Å². The second-order valence-electron chi connectivity index (χ2n) is 8.59. The van der Waals surface area contributed by atoms with Crippen molar-refractivity contribution in [3.05, 3.63) is 65.0 Å². The zero-order valence-corrected chi connectivity index (χ0v) is 18.0. The van der Waals surface area contributed by atoms with Gasteiger partial charge in [-0.25, -0.2) is 9.18 Å².